The average molecular weight is 199 g/mol. The Morgan fingerprint density at radius 3 is 2.92 bits per heavy atom. The molecule has 0 spiro atoms. The lowest BCUT2D eigenvalue weighted by molar-refractivity contribution is -0.115. The van der Waals surface area contributed by atoms with Crippen LogP contribution in [-0.2, 0) is 4.79 Å². The van der Waals surface area contributed by atoms with E-state index in [9.17, 15) is 4.79 Å². The fourth-order valence-corrected chi connectivity index (χ4v) is 0.900. The van der Waals surface area contributed by atoms with Gasteiger partial charge in [-0.05, 0) is 25.5 Å². The molecule has 70 valence electrons. The van der Waals surface area contributed by atoms with Gasteiger partial charge in [-0.25, -0.2) is 0 Å². The van der Waals surface area contributed by atoms with E-state index in [0.29, 0.717) is 0 Å². The van der Waals surface area contributed by atoms with E-state index in [0.717, 1.165) is 11.3 Å². The maximum absolute atomic E-state index is 11.2. The van der Waals surface area contributed by atoms with Gasteiger partial charge < -0.3 is 5.32 Å². The molecule has 0 radical (unpaired) electrons. The van der Waals surface area contributed by atoms with Gasteiger partial charge in [0.25, 0.3) is 0 Å². The largest absolute Gasteiger partial charge is 0.324 e. The average Bonchev–Trinajstić information content (AvgIpc) is 2.08. The summed E-state index contributed by atoms with van der Waals surface area (Å²) < 4.78 is 0. The van der Waals surface area contributed by atoms with Crippen molar-refractivity contribution < 1.29 is 4.79 Å². The van der Waals surface area contributed by atoms with Crippen molar-refractivity contribution in [1.82, 2.24) is 4.98 Å². The van der Waals surface area contributed by atoms with Gasteiger partial charge in [0, 0.05) is 18.1 Å². The van der Waals surface area contributed by atoms with Crippen molar-refractivity contribution in [2.75, 3.05) is 5.32 Å². The summed E-state index contributed by atoms with van der Waals surface area (Å²) in [7, 11) is 0. The van der Waals surface area contributed by atoms with E-state index in [1.54, 1.807) is 25.4 Å². The Hall–Kier alpha value is -1.09. The lowest BCUT2D eigenvalue weighted by Gasteiger charge is -2.08. The zero-order chi connectivity index (χ0) is 9.84. The van der Waals surface area contributed by atoms with E-state index in [2.05, 4.69) is 10.3 Å². The van der Waals surface area contributed by atoms with E-state index in [4.69, 9.17) is 11.6 Å². The van der Waals surface area contributed by atoms with Gasteiger partial charge in [-0.2, -0.15) is 0 Å². The highest BCUT2D eigenvalue weighted by atomic mass is 35.5. The molecule has 1 heterocycles. The molecule has 3 nitrogen and oxygen atoms in total. The molecule has 1 aromatic rings. The Morgan fingerprint density at radius 2 is 2.38 bits per heavy atom. The molecule has 0 aliphatic heterocycles. The topological polar surface area (TPSA) is 42.0 Å². The summed E-state index contributed by atoms with van der Waals surface area (Å²) in [6.45, 7) is 3.51. The van der Waals surface area contributed by atoms with Crippen LogP contribution >= 0.6 is 11.6 Å². The molecule has 13 heavy (non-hydrogen) atoms. The number of aromatic nitrogens is 1. The number of amides is 1. The standard InChI is InChI=1S/C9H11ClN2O/c1-6-5-11-4-3-8(6)12-9(13)7(2)10/h3-5,7H,1-2H3,(H,11,12,13). The van der Waals surface area contributed by atoms with Crippen molar-refractivity contribution >= 4 is 23.2 Å². The third-order valence-electron chi connectivity index (χ3n) is 1.64. The predicted octanol–water partition coefficient (Wildman–Crippen LogP) is 1.96. The Kier molecular flexibility index (Phi) is 3.25. The van der Waals surface area contributed by atoms with Crippen LogP contribution < -0.4 is 5.32 Å². The molecule has 1 unspecified atom stereocenters. The number of anilines is 1. The summed E-state index contributed by atoms with van der Waals surface area (Å²) in [5, 5.41) is 2.18. The van der Waals surface area contributed by atoms with Gasteiger partial charge in [-0.3, -0.25) is 9.78 Å². The summed E-state index contributed by atoms with van der Waals surface area (Å²) in [5.74, 6) is -0.198. The fraction of sp³-hybridized carbons (Fsp3) is 0.333. The van der Waals surface area contributed by atoms with Gasteiger partial charge in [-0.15, -0.1) is 11.6 Å². The molecular weight excluding hydrogens is 188 g/mol. The minimum absolute atomic E-state index is 0.198. The highest BCUT2D eigenvalue weighted by Crippen LogP contribution is 2.12. The van der Waals surface area contributed by atoms with Gasteiger partial charge in [-0.1, -0.05) is 0 Å². The fourth-order valence-electron chi connectivity index (χ4n) is 0.846. The smallest absolute Gasteiger partial charge is 0.242 e. The third-order valence-corrected chi connectivity index (χ3v) is 1.84. The first kappa shape index (κ1) is 9.99. The first-order valence-corrected chi connectivity index (χ1v) is 4.40. The van der Waals surface area contributed by atoms with Crippen molar-refractivity contribution in [1.29, 1.82) is 0 Å². The van der Waals surface area contributed by atoms with Crippen molar-refractivity contribution in [3.8, 4) is 0 Å². The van der Waals surface area contributed by atoms with Crippen LogP contribution in [0.2, 0.25) is 0 Å². The van der Waals surface area contributed by atoms with Crippen molar-refractivity contribution in [3.63, 3.8) is 0 Å². The second-order valence-corrected chi connectivity index (χ2v) is 3.45. The van der Waals surface area contributed by atoms with E-state index in [1.807, 2.05) is 6.92 Å². The van der Waals surface area contributed by atoms with Crippen LogP contribution in [0, 0.1) is 6.92 Å². The molecular formula is C9H11ClN2O. The minimum Gasteiger partial charge on any atom is -0.324 e. The summed E-state index contributed by atoms with van der Waals surface area (Å²) in [6.07, 6.45) is 3.32. The predicted molar refractivity (Wildman–Crippen MR) is 52.9 cm³/mol. The molecule has 4 heteroatoms. The van der Waals surface area contributed by atoms with Gasteiger partial charge >= 0.3 is 0 Å². The number of carbonyl (C=O) groups excluding carboxylic acids is 1. The molecule has 0 aliphatic carbocycles. The van der Waals surface area contributed by atoms with E-state index < -0.39 is 5.38 Å². The second-order valence-electron chi connectivity index (χ2n) is 2.80. The summed E-state index contributed by atoms with van der Waals surface area (Å²) in [6, 6.07) is 1.74. The number of hydrogen-bond donors (Lipinski definition) is 1. The Morgan fingerprint density at radius 1 is 1.69 bits per heavy atom. The van der Waals surface area contributed by atoms with Crippen molar-refractivity contribution in [3.05, 3.63) is 24.0 Å². The van der Waals surface area contributed by atoms with Crippen LogP contribution in [-0.4, -0.2) is 16.3 Å². The van der Waals surface area contributed by atoms with Gasteiger partial charge in [0.2, 0.25) is 5.91 Å². The third kappa shape index (κ3) is 2.70. The lowest BCUT2D eigenvalue weighted by Crippen LogP contribution is -2.20. The maximum atomic E-state index is 11.2. The lowest BCUT2D eigenvalue weighted by atomic mass is 10.2. The van der Waals surface area contributed by atoms with Crippen LogP contribution in [0.3, 0.4) is 0 Å². The zero-order valence-corrected chi connectivity index (χ0v) is 8.30. The first-order chi connectivity index (χ1) is 6.11. The number of pyridine rings is 1. The number of rotatable bonds is 2. The normalized spacial score (nSPS) is 12.2. The molecule has 1 atom stereocenters. The van der Waals surface area contributed by atoms with Crippen molar-refractivity contribution in [2.45, 2.75) is 19.2 Å². The molecule has 0 saturated carbocycles. The number of nitrogens with one attached hydrogen (secondary N) is 1. The summed E-state index contributed by atoms with van der Waals surface area (Å²) in [4.78, 5) is 15.1. The van der Waals surface area contributed by atoms with Crippen LogP contribution in [0.5, 0.6) is 0 Å². The summed E-state index contributed by atoms with van der Waals surface area (Å²) in [5.41, 5.74) is 1.68. The highest BCUT2D eigenvalue weighted by molar-refractivity contribution is 6.32. The van der Waals surface area contributed by atoms with E-state index in [1.165, 1.54) is 0 Å². The zero-order valence-electron chi connectivity index (χ0n) is 7.54. The maximum Gasteiger partial charge on any atom is 0.242 e. The molecule has 1 aromatic heterocycles. The van der Waals surface area contributed by atoms with Crippen LogP contribution in [0.1, 0.15) is 12.5 Å². The Labute approximate surface area is 82.1 Å². The van der Waals surface area contributed by atoms with Crippen molar-refractivity contribution in [2.24, 2.45) is 0 Å². The minimum atomic E-state index is -0.521. The van der Waals surface area contributed by atoms with E-state index >= 15 is 0 Å². The van der Waals surface area contributed by atoms with Gasteiger partial charge in [0.1, 0.15) is 5.38 Å². The molecule has 0 bridgehead atoms. The molecule has 1 amide bonds. The quantitative estimate of drug-likeness (QED) is 0.739. The Balaban J connectivity index is 2.75. The van der Waals surface area contributed by atoms with Gasteiger partial charge in [0.15, 0.2) is 0 Å². The van der Waals surface area contributed by atoms with Crippen LogP contribution in [0.4, 0.5) is 5.69 Å². The number of nitrogens with zero attached hydrogens (tertiary/aromatic N) is 1. The Bertz CT molecular complexity index is 312. The monoisotopic (exact) mass is 198 g/mol. The second kappa shape index (κ2) is 4.23. The number of carbonyl (C=O) groups is 1. The van der Waals surface area contributed by atoms with Gasteiger partial charge in [0.05, 0.1) is 0 Å². The number of aryl methyl sites for hydroxylation is 1. The highest BCUT2D eigenvalue weighted by Gasteiger charge is 2.09. The molecule has 0 aromatic carbocycles. The first-order valence-electron chi connectivity index (χ1n) is 3.97. The van der Waals surface area contributed by atoms with Crippen LogP contribution in [0.15, 0.2) is 18.5 Å². The molecule has 0 aliphatic rings. The molecule has 0 fully saturated rings. The number of hydrogen-bond acceptors (Lipinski definition) is 2. The molecule has 1 N–H and O–H groups in total. The summed E-state index contributed by atoms with van der Waals surface area (Å²) >= 11 is 5.60. The SMILES string of the molecule is Cc1cnccc1NC(=O)C(C)Cl. The molecule has 1 rings (SSSR count). The number of halogens is 1. The molecule has 0 saturated heterocycles. The number of alkyl halides is 1. The van der Waals surface area contributed by atoms with E-state index in [-0.39, 0.29) is 5.91 Å². The van der Waals surface area contributed by atoms with Crippen LogP contribution in [0.25, 0.3) is 0 Å².